The largest absolute Gasteiger partial charge is 0.310 e. The van der Waals surface area contributed by atoms with E-state index in [4.69, 9.17) is 0 Å². The van der Waals surface area contributed by atoms with Crippen molar-refractivity contribution in [3.63, 3.8) is 0 Å². The third-order valence-electron chi connectivity index (χ3n) is 4.74. The van der Waals surface area contributed by atoms with Crippen molar-refractivity contribution in [3.05, 3.63) is 65.0 Å². The molecule has 3 nitrogen and oxygen atoms in total. The van der Waals surface area contributed by atoms with E-state index in [1.165, 1.54) is 12.1 Å². The van der Waals surface area contributed by atoms with Crippen LogP contribution in [0.4, 0.5) is 10.1 Å². The number of piperazine rings is 1. The average Bonchev–Trinajstić information content (AvgIpc) is 2.57. The molecular weight excluding hydrogens is 303 g/mol. The van der Waals surface area contributed by atoms with E-state index in [2.05, 4.69) is 23.1 Å². The first-order chi connectivity index (χ1) is 11.5. The summed E-state index contributed by atoms with van der Waals surface area (Å²) in [6.45, 7) is 8.17. The molecule has 1 saturated heterocycles. The van der Waals surface area contributed by atoms with E-state index in [0.717, 1.165) is 28.9 Å². The molecule has 0 aliphatic carbocycles. The van der Waals surface area contributed by atoms with Crippen LogP contribution in [0.5, 0.6) is 0 Å². The van der Waals surface area contributed by atoms with Gasteiger partial charge in [-0.1, -0.05) is 24.3 Å². The molecule has 0 N–H and O–H groups in total. The zero-order valence-electron chi connectivity index (χ0n) is 14.4. The highest BCUT2D eigenvalue weighted by molar-refractivity contribution is 5.98. The van der Waals surface area contributed by atoms with Crippen molar-refractivity contribution >= 4 is 11.6 Å². The predicted molar refractivity (Wildman–Crippen MR) is 94.5 cm³/mol. The molecule has 1 fully saturated rings. The molecule has 2 aromatic rings. The first-order valence-electron chi connectivity index (χ1n) is 8.33. The summed E-state index contributed by atoms with van der Waals surface area (Å²) in [5.74, 6) is -0.111. The highest BCUT2D eigenvalue weighted by Gasteiger charge is 2.32. The molecule has 3 rings (SSSR count). The second-order valence-corrected chi connectivity index (χ2v) is 6.55. The lowest BCUT2D eigenvalue weighted by Crippen LogP contribution is -2.55. The Kier molecular flexibility index (Phi) is 4.67. The maximum Gasteiger partial charge on any atom is 0.244 e. The van der Waals surface area contributed by atoms with E-state index >= 15 is 0 Å². The van der Waals surface area contributed by atoms with Crippen molar-refractivity contribution in [1.29, 1.82) is 0 Å². The SMILES string of the molecule is Cc1ccc(C)c(N2CCN(Cc3ccc(F)cc3)[C@H](C)C2=O)c1. The zero-order chi connectivity index (χ0) is 17.3. The first kappa shape index (κ1) is 16.7. The van der Waals surface area contributed by atoms with Gasteiger partial charge >= 0.3 is 0 Å². The minimum absolute atomic E-state index is 0.122. The van der Waals surface area contributed by atoms with Gasteiger partial charge in [0, 0.05) is 25.3 Å². The standard InChI is InChI=1S/C20H23FN2O/c1-14-4-5-15(2)19(12-14)23-11-10-22(16(3)20(23)24)13-17-6-8-18(21)9-7-17/h4-9,12,16H,10-11,13H2,1-3H3/t16-/m1/s1. The highest BCUT2D eigenvalue weighted by atomic mass is 19.1. The number of hydrogen-bond acceptors (Lipinski definition) is 2. The van der Waals surface area contributed by atoms with Crippen LogP contribution in [0.1, 0.15) is 23.6 Å². The van der Waals surface area contributed by atoms with E-state index in [9.17, 15) is 9.18 Å². The van der Waals surface area contributed by atoms with Crippen LogP contribution in [0.2, 0.25) is 0 Å². The van der Waals surface area contributed by atoms with Crippen molar-refractivity contribution in [2.45, 2.75) is 33.4 Å². The zero-order valence-corrected chi connectivity index (χ0v) is 14.4. The third kappa shape index (κ3) is 3.34. The molecule has 0 unspecified atom stereocenters. The summed E-state index contributed by atoms with van der Waals surface area (Å²) in [5.41, 5.74) is 4.31. The number of benzene rings is 2. The molecule has 2 aromatic carbocycles. The van der Waals surface area contributed by atoms with Gasteiger partial charge < -0.3 is 4.90 Å². The summed E-state index contributed by atoms with van der Waals surface area (Å²) < 4.78 is 13.0. The van der Waals surface area contributed by atoms with E-state index < -0.39 is 0 Å². The molecule has 0 radical (unpaired) electrons. The van der Waals surface area contributed by atoms with Crippen LogP contribution in [0, 0.1) is 19.7 Å². The normalized spacial score (nSPS) is 18.9. The lowest BCUT2D eigenvalue weighted by Gasteiger charge is -2.39. The number of nitrogens with zero attached hydrogens (tertiary/aromatic N) is 2. The topological polar surface area (TPSA) is 23.6 Å². The number of carbonyl (C=O) groups is 1. The van der Waals surface area contributed by atoms with Gasteiger partial charge in [0.25, 0.3) is 0 Å². The lowest BCUT2D eigenvalue weighted by molar-refractivity contribution is -0.125. The summed E-state index contributed by atoms with van der Waals surface area (Å²) in [6.07, 6.45) is 0. The number of halogens is 1. The summed E-state index contributed by atoms with van der Waals surface area (Å²) in [6, 6.07) is 12.5. The Morgan fingerprint density at radius 3 is 2.50 bits per heavy atom. The van der Waals surface area contributed by atoms with Crippen LogP contribution >= 0.6 is 0 Å². The Bertz CT molecular complexity index is 742. The second-order valence-electron chi connectivity index (χ2n) is 6.55. The van der Waals surface area contributed by atoms with Gasteiger partial charge in [-0.25, -0.2) is 4.39 Å². The highest BCUT2D eigenvalue weighted by Crippen LogP contribution is 2.26. The fraction of sp³-hybridized carbons (Fsp3) is 0.350. The number of carbonyl (C=O) groups excluding carboxylic acids is 1. The van der Waals surface area contributed by atoms with Gasteiger partial charge in [-0.2, -0.15) is 0 Å². The summed E-state index contributed by atoms with van der Waals surface area (Å²) >= 11 is 0. The molecule has 0 bridgehead atoms. The van der Waals surface area contributed by atoms with Crippen LogP contribution in [-0.2, 0) is 11.3 Å². The van der Waals surface area contributed by atoms with Gasteiger partial charge in [0.2, 0.25) is 5.91 Å². The number of aryl methyl sites for hydroxylation is 2. The molecule has 1 atom stereocenters. The average molecular weight is 326 g/mol. The molecule has 0 saturated carbocycles. The fourth-order valence-electron chi connectivity index (χ4n) is 3.20. The molecule has 1 aliphatic rings. The van der Waals surface area contributed by atoms with Gasteiger partial charge in [-0.3, -0.25) is 9.69 Å². The Morgan fingerprint density at radius 2 is 1.79 bits per heavy atom. The van der Waals surface area contributed by atoms with Gasteiger partial charge in [0.15, 0.2) is 0 Å². The fourth-order valence-corrected chi connectivity index (χ4v) is 3.20. The monoisotopic (exact) mass is 326 g/mol. The van der Waals surface area contributed by atoms with Gasteiger partial charge in [0.1, 0.15) is 5.82 Å². The van der Waals surface area contributed by atoms with Gasteiger partial charge in [0.05, 0.1) is 6.04 Å². The number of rotatable bonds is 3. The molecule has 126 valence electrons. The molecule has 0 spiro atoms. The molecule has 1 heterocycles. The number of anilines is 1. The van der Waals surface area contributed by atoms with Crippen LogP contribution in [0.15, 0.2) is 42.5 Å². The predicted octanol–water partition coefficient (Wildman–Crippen LogP) is 3.68. The minimum Gasteiger partial charge on any atom is -0.310 e. The van der Waals surface area contributed by atoms with E-state index in [1.807, 2.05) is 25.7 Å². The van der Waals surface area contributed by atoms with Gasteiger partial charge in [-0.05, 0) is 55.7 Å². The number of hydrogen-bond donors (Lipinski definition) is 0. The van der Waals surface area contributed by atoms with Crippen LogP contribution in [0.3, 0.4) is 0 Å². The van der Waals surface area contributed by atoms with Crippen LogP contribution < -0.4 is 4.90 Å². The molecule has 4 heteroatoms. The second kappa shape index (κ2) is 6.73. The van der Waals surface area contributed by atoms with Crippen LogP contribution in [-0.4, -0.2) is 29.9 Å². The van der Waals surface area contributed by atoms with E-state index in [1.54, 1.807) is 12.1 Å². The van der Waals surface area contributed by atoms with Gasteiger partial charge in [-0.15, -0.1) is 0 Å². The number of amides is 1. The Labute approximate surface area is 142 Å². The van der Waals surface area contributed by atoms with E-state index in [0.29, 0.717) is 13.1 Å². The van der Waals surface area contributed by atoms with Crippen molar-refractivity contribution in [2.24, 2.45) is 0 Å². The van der Waals surface area contributed by atoms with E-state index in [-0.39, 0.29) is 17.8 Å². The smallest absolute Gasteiger partial charge is 0.244 e. The Hall–Kier alpha value is -2.20. The third-order valence-corrected chi connectivity index (χ3v) is 4.74. The summed E-state index contributed by atoms with van der Waals surface area (Å²) in [7, 11) is 0. The quantitative estimate of drug-likeness (QED) is 0.859. The molecule has 1 aliphatic heterocycles. The van der Waals surface area contributed by atoms with Crippen LogP contribution in [0.25, 0.3) is 0 Å². The van der Waals surface area contributed by atoms with Crippen molar-refractivity contribution in [1.82, 2.24) is 4.90 Å². The summed E-state index contributed by atoms with van der Waals surface area (Å²) in [4.78, 5) is 16.9. The molecule has 24 heavy (non-hydrogen) atoms. The minimum atomic E-state index is -0.234. The molecule has 1 amide bonds. The maximum atomic E-state index is 13.0. The Balaban J connectivity index is 1.76. The maximum absolute atomic E-state index is 13.0. The lowest BCUT2D eigenvalue weighted by atomic mass is 10.1. The first-order valence-corrected chi connectivity index (χ1v) is 8.33. The van der Waals surface area contributed by atoms with Crippen molar-refractivity contribution in [3.8, 4) is 0 Å². The molecule has 0 aromatic heterocycles. The van der Waals surface area contributed by atoms with Crippen molar-refractivity contribution in [2.75, 3.05) is 18.0 Å². The summed E-state index contributed by atoms with van der Waals surface area (Å²) in [5, 5.41) is 0. The Morgan fingerprint density at radius 1 is 1.08 bits per heavy atom. The van der Waals surface area contributed by atoms with Crippen molar-refractivity contribution < 1.29 is 9.18 Å². The molecular formula is C20H23FN2O.